The Kier molecular flexibility index (Phi) is 6.55. The number of rotatable bonds is 8. The van der Waals surface area contributed by atoms with Crippen molar-refractivity contribution in [3.05, 3.63) is 78.0 Å². The van der Waals surface area contributed by atoms with Crippen LogP contribution in [0.3, 0.4) is 0 Å². The molecule has 0 aliphatic heterocycles. The lowest BCUT2D eigenvalue weighted by Crippen LogP contribution is -2.15. The fraction of sp³-hybridized carbons (Fsp3) is 0.174. The summed E-state index contributed by atoms with van der Waals surface area (Å²) >= 11 is 1.24. The van der Waals surface area contributed by atoms with E-state index in [9.17, 15) is 9.18 Å². The van der Waals surface area contributed by atoms with Crippen LogP contribution in [0.25, 0.3) is 11.4 Å². The summed E-state index contributed by atoms with van der Waals surface area (Å²) < 4.78 is 26.3. The molecule has 4 rings (SSSR count). The highest BCUT2D eigenvalue weighted by Gasteiger charge is 2.17. The van der Waals surface area contributed by atoms with Crippen LogP contribution in [-0.2, 0) is 11.3 Å². The smallest absolute Gasteiger partial charge is 0.234 e. The zero-order valence-electron chi connectivity index (χ0n) is 17.5. The van der Waals surface area contributed by atoms with E-state index in [0.717, 1.165) is 17.1 Å². The molecule has 0 atom stereocenters. The zero-order chi connectivity index (χ0) is 22.5. The number of aryl methyl sites for hydroxylation is 1. The van der Waals surface area contributed by atoms with Crippen molar-refractivity contribution in [2.75, 3.05) is 18.2 Å². The van der Waals surface area contributed by atoms with Crippen molar-refractivity contribution >= 4 is 23.4 Å². The lowest BCUT2D eigenvalue weighted by atomic mass is 10.2. The van der Waals surface area contributed by atoms with Crippen LogP contribution in [0, 0.1) is 12.7 Å². The molecule has 0 aliphatic carbocycles. The van der Waals surface area contributed by atoms with E-state index in [4.69, 9.17) is 9.15 Å². The molecule has 0 radical (unpaired) electrons. The number of amides is 1. The van der Waals surface area contributed by atoms with Gasteiger partial charge in [0, 0.05) is 11.3 Å². The standard InChI is InChI=1S/C23H21FN4O3S/c1-15-5-8-17(12-20(15)24)25-21(29)14-32-23-27-26-22(16-6-9-18(30-2)10-7-16)28(23)13-19-4-3-11-31-19/h3-12H,13-14H2,1-2H3,(H,25,29). The van der Waals surface area contributed by atoms with Gasteiger partial charge in [-0.1, -0.05) is 17.8 Å². The molecule has 0 aliphatic rings. The van der Waals surface area contributed by atoms with Crippen molar-refractivity contribution in [3.63, 3.8) is 0 Å². The average molecular weight is 453 g/mol. The SMILES string of the molecule is COc1ccc(-c2nnc(SCC(=O)Nc3ccc(C)c(F)c3)n2Cc2ccco2)cc1. The van der Waals surface area contributed by atoms with Gasteiger partial charge in [-0.05, 0) is 61.0 Å². The molecular weight excluding hydrogens is 431 g/mol. The Morgan fingerprint density at radius 2 is 2.00 bits per heavy atom. The maximum Gasteiger partial charge on any atom is 0.234 e. The summed E-state index contributed by atoms with van der Waals surface area (Å²) in [6, 6.07) is 15.8. The van der Waals surface area contributed by atoms with E-state index < -0.39 is 0 Å². The second-order valence-electron chi connectivity index (χ2n) is 7.00. The van der Waals surface area contributed by atoms with Gasteiger partial charge >= 0.3 is 0 Å². The van der Waals surface area contributed by atoms with Crippen molar-refractivity contribution in [1.82, 2.24) is 14.8 Å². The van der Waals surface area contributed by atoms with Crippen molar-refractivity contribution in [1.29, 1.82) is 0 Å². The first-order valence-corrected chi connectivity index (χ1v) is 10.8. The van der Waals surface area contributed by atoms with Crippen LogP contribution in [-0.4, -0.2) is 33.5 Å². The molecule has 2 heterocycles. The molecule has 0 saturated heterocycles. The number of thioether (sulfide) groups is 1. The molecule has 0 bridgehead atoms. The predicted molar refractivity (Wildman–Crippen MR) is 120 cm³/mol. The summed E-state index contributed by atoms with van der Waals surface area (Å²) in [5.74, 6) is 1.58. The Bertz CT molecular complexity index is 1210. The molecule has 0 fully saturated rings. The molecule has 0 unspecified atom stereocenters. The average Bonchev–Trinajstić information content (AvgIpc) is 3.45. The third-order valence-corrected chi connectivity index (χ3v) is 5.71. The number of hydrogen-bond donors (Lipinski definition) is 1. The van der Waals surface area contributed by atoms with E-state index >= 15 is 0 Å². The minimum Gasteiger partial charge on any atom is -0.497 e. The molecule has 7 nitrogen and oxygen atoms in total. The van der Waals surface area contributed by atoms with Gasteiger partial charge in [0.25, 0.3) is 0 Å². The molecule has 1 amide bonds. The summed E-state index contributed by atoms with van der Waals surface area (Å²) in [7, 11) is 1.61. The van der Waals surface area contributed by atoms with E-state index in [1.54, 1.807) is 32.4 Å². The van der Waals surface area contributed by atoms with Crippen molar-refractivity contribution in [2.45, 2.75) is 18.6 Å². The Balaban J connectivity index is 1.52. The quantitative estimate of drug-likeness (QED) is 0.388. The molecular formula is C23H21FN4O3S. The van der Waals surface area contributed by atoms with Crippen LogP contribution in [0.4, 0.5) is 10.1 Å². The molecule has 9 heteroatoms. The lowest BCUT2D eigenvalue weighted by molar-refractivity contribution is -0.113. The van der Waals surface area contributed by atoms with Gasteiger partial charge in [-0.25, -0.2) is 4.39 Å². The third kappa shape index (κ3) is 5.00. The van der Waals surface area contributed by atoms with Gasteiger partial charge < -0.3 is 14.5 Å². The lowest BCUT2D eigenvalue weighted by Gasteiger charge is -2.10. The zero-order valence-corrected chi connectivity index (χ0v) is 18.4. The number of ether oxygens (including phenoxy) is 1. The summed E-state index contributed by atoms with van der Waals surface area (Å²) in [6.07, 6.45) is 1.60. The van der Waals surface area contributed by atoms with Crippen molar-refractivity contribution in [3.8, 4) is 17.1 Å². The molecule has 164 valence electrons. The number of methoxy groups -OCH3 is 1. The fourth-order valence-electron chi connectivity index (χ4n) is 3.05. The van der Waals surface area contributed by atoms with Crippen LogP contribution >= 0.6 is 11.8 Å². The van der Waals surface area contributed by atoms with Crippen LogP contribution < -0.4 is 10.1 Å². The maximum absolute atomic E-state index is 13.7. The first kappa shape index (κ1) is 21.6. The molecule has 2 aromatic heterocycles. The normalized spacial score (nSPS) is 10.8. The van der Waals surface area contributed by atoms with Crippen LogP contribution in [0.5, 0.6) is 5.75 Å². The monoisotopic (exact) mass is 452 g/mol. The number of halogens is 1. The Labute approximate surface area is 188 Å². The van der Waals surface area contributed by atoms with E-state index in [-0.39, 0.29) is 17.5 Å². The van der Waals surface area contributed by atoms with Gasteiger partial charge in [0.05, 0.1) is 25.7 Å². The first-order chi connectivity index (χ1) is 15.5. The van der Waals surface area contributed by atoms with Gasteiger partial charge in [0.15, 0.2) is 11.0 Å². The summed E-state index contributed by atoms with van der Waals surface area (Å²) in [5, 5.41) is 11.9. The highest BCUT2D eigenvalue weighted by atomic mass is 32.2. The van der Waals surface area contributed by atoms with Crippen LogP contribution in [0.15, 0.2) is 70.4 Å². The van der Waals surface area contributed by atoms with Gasteiger partial charge in [-0.15, -0.1) is 10.2 Å². The summed E-state index contributed by atoms with van der Waals surface area (Å²) in [5.41, 5.74) is 1.79. The largest absolute Gasteiger partial charge is 0.497 e. The second kappa shape index (κ2) is 9.69. The number of carbonyl (C=O) groups excluding carboxylic acids is 1. The van der Waals surface area contributed by atoms with Gasteiger partial charge in [-0.3, -0.25) is 9.36 Å². The number of furan rings is 1. The van der Waals surface area contributed by atoms with E-state index in [1.165, 1.54) is 17.8 Å². The minimum atomic E-state index is -0.363. The molecule has 0 saturated carbocycles. The maximum atomic E-state index is 13.7. The number of nitrogens with zero attached hydrogens (tertiary/aromatic N) is 3. The Morgan fingerprint density at radius 3 is 2.69 bits per heavy atom. The number of hydrogen-bond acceptors (Lipinski definition) is 6. The molecule has 1 N–H and O–H groups in total. The number of nitrogens with one attached hydrogen (secondary N) is 1. The Morgan fingerprint density at radius 1 is 1.19 bits per heavy atom. The number of aromatic nitrogens is 3. The first-order valence-electron chi connectivity index (χ1n) is 9.82. The van der Waals surface area contributed by atoms with Gasteiger partial charge in [-0.2, -0.15) is 0 Å². The summed E-state index contributed by atoms with van der Waals surface area (Å²) in [4.78, 5) is 12.4. The third-order valence-electron chi connectivity index (χ3n) is 4.75. The fourth-order valence-corrected chi connectivity index (χ4v) is 3.79. The second-order valence-corrected chi connectivity index (χ2v) is 7.94. The summed E-state index contributed by atoms with van der Waals surface area (Å²) in [6.45, 7) is 2.08. The molecule has 0 spiro atoms. The minimum absolute atomic E-state index is 0.0917. The van der Waals surface area contributed by atoms with Crippen LogP contribution in [0.2, 0.25) is 0 Å². The van der Waals surface area contributed by atoms with Gasteiger partial charge in [0.2, 0.25) is 5.91 Å². The molecule has 32 heavy (non-hydrogen) atoms. The van der Waals surface area contributed by atoms with E-state index in [2.05, 4.69) is 15.5 Å². The van der Waals surface area contributed by atoms with Crippen molar-refractivity contribution in [2.24, 2.45) is 0 Å². The topological polar surface area (TPSA) is 82.2 Å². The number of anilines is 1. The molecule has 2 aromatic carbocycles. The number of carbonyl (C=O) groups is 1. The van der Waals surface area contributed by atoms with Gasteiger partial charge in [0.1, 0.15) is 17.3 Å². The van der Waals surface area contributed by atoms with Crippen molar-refractivity contribution < 1.29 is 18.3 Å². The van der Waals surface area contributed by atoms with E-state index in [1.807, 2.05) is 41.0 Å². The predicted octanol–water partition coefficient (Wildman–Crippen LogP) is 4.77. The number of benzene rings is 2. The Hall–Kier alpha value is -3.59. The molecule has 4 aromatic rings. The van der Waals surface area contributed by atoms with Crippen LogP contribution in [0.1, 0.15) is 11.3 Å². The highest BCUT2D eigenvalue weighted by Crippen LogP contribution is 2.27. The van der Waals surface area contributed by atoms with E-state index in [0.29, 0.717) is 28.8 Å². The highest BCUT2D eigenvalue weighted by molar-refractivity contribution is 7.99.